The fourth-order valence-corrected chi connectivity index (χ4v) is 3.90. The Kier molecular flexibility index (Phi) is 4.68. The molecule has 0 bridgehead atoms. The van der Waals surface area contributed by atoms with Crippen LogP contribution in [0.1, 0.15) is 11.3 Å². The molecule has 2 aromatic heterocycles. The van der Waals surface area contributed by atoms with Crippen LogP contribution >= 0.6 is 0 Å². The molecule has 3 heterocycles. The van der Waals surface area contributed by atoms with Crippen molar-refractivity contribution in [2.45, 2.75) is 13.8 Å². The van der Waals surface area contributed by atoms with Crippen molar-refractivity contribution in [3.05, 3.63) is 47.8 Å². The molecule has 1 aliphatic rings. The van der Waals surface area contributed by atoms with E-state index in [1.54, 1.807) is 18.3 Å². The summed E-state index contributed by atoms with van der Waals surface area (Å²) < 4.78 is 29.0. The Hall–Kier alpha value is -2.19. The minimum Gasteiger partial charge on any atom is -0.354 e. The molecule has 1 fully saturated rings. The van der Waals surface area contributed by atoms with Crippen molar-refractivity contribution in [3.8, 4) is 0 Å². The fourth-order valence-electron chi connectivity index (χ4n) is 2.75. The third-order valence-electron chi connectivity index (χ3n) is 3.98. The van der Waals surface area contributed by atoms with E-state index in [-0.39, 0.29) is 0 Å². The monoisotopic (exact) mass is 347 g/mol. The first-order valence-corrected chi connectivity index (χ1v) is 9.28. The minimum absolute atomic E-state index is 0.345. The number of nitrogens with one attached hydrogen (secondary N) is 1. The highest BCUT2D eigenvalue weighted by molar-refractivity contribution is 7.90. The minimum atomic E-state index is -3.60. The average Bonchev–Trinajstić information content (AvgIpc) is 2.55. The summed E-state index contributed by atoms with van der Waals surface area (Å²) in [5, 5.41) is 0. The van der Waals surface area contributed by atoms with Crippen molar-refractivity contribution in [3.63, 3.8) is 0 Å². The maximum Gasteiger partial charge on any atom is 0.302 e. The molecule has 1 N–H and O–H groups in total. The molecular formula is C16H21N5O2S. The van der Waals surface area contributed by atoms with Crippen molar-refractivity contribution in [1.29, 1.82) is 0 Å². The maximum atomic E-state index is 12.5. The molecule has 1 saturated heterocycles. The summed E-state index contributed by atoms with van der Waals surface area (Å²) >= 11 is 0. The number of nitrogens with zero attached hydrogens (tertiary/aromatic N) is 4. The van der Waals surface area contributed by atoms with Gasteiger partial charge in [-0.15, -0.1) is 0 Å². The van der Waals surface area contributed by atoms with Crippen molar-refractivity contribution < 1.29 is 8.42 Å². The summed E-state index contributed by atoms with van der Waals surface area (Å²) in [4.78, 5) is 10.7. The van der Waals surface area contributed by atoms with E-state index in [4.69, 9.17) is 0 Å². The molecule has 0 amide bonds. The Bertz CT molecular complexity index is 817. The van der Waals surface area contributed by atoms with Gasteiger partial charge in [-0.2, -0.15) is 12.7 Å². The molecule has 0 atom stereocenters. The van der Waals surface area contributed by atoms with Crippen molar-refractivity contribution >= 4 is 21.8 Å². The number of aromatic nitrogens is 2. The van der Waals surface area contributed by atoms with Gasteiger partial charge in [0.1, 0.15) is 11.6 Å². The molecular weight excluding hydrogens is 326 g/mol. The molecule has 0 spiro atoms. The van der Waals surface area contributed by atoms with Gasteiger partial charge in [-0.25, -0.2) is 9.97 Å². The van der Waals surface area contributed by atoms with Gasteiger partial charge in [-0.05, 0) is 37.6 Å². The second-order valence-corrected chi connectivity index (χ2v) is 7.47. The van der Waals surface area contributed by atoms with Gasteiger partial charge in [0, 0.05) is 38.1 Å². The predicted octanol–water partition coefficient (Wildman–Crippen LogP) is 1.57. The van der Waals surface area contributed by atoms with Gasteiger partial charge in [0.2, 0.25) is 0 Å². The quantitative estimate of drug-likeness (QED) is 0.908. The third-order valence-corrected chi connectivity index (χ3v) is 5.49. The summed E-state index contributed by atoms with van der Waals surface area (Å²) in [6.07, 6.45) is 1.76. The van der Waals surface area contributed by atoms with Crippen LogP contribution in [0.3, 0.4) is 0 Å². The highest BCUT2D eigenvalue weighted by atomic mass is 32.2. The van der Waals surface area contributed by atoms with Crippen LogP contribution in [-0.4, -0.2) is 48.9 Å². The highest BCUT2D eigenvalue weighted by Gasteiger charge is 2.28. The van der Waals surface area contributed by atoms with E-state index in [0.717, 1.165) is 17.1 Å². The van der Waals surface area contributed by atoms with Crippen molar-refractivity contribution in [2.75, 3.05) is 35.8 Å². The maximum absolute atomic E-state index is 12.5. The Morgan fingerprint density at radius 3 is 2.46 bits per heavy atom. The number of hydrogen-bond acceptors (Lipinski definition) is 5. The number of aryl methyl sites for hydroxylation is 2. The third kappa shape index (κ3) is 3.65. The highest BCUT2D eigenvalue weighted by Crippen LogP contribution is 2.19. The van der Waals surface area contributed by atoms with Gasteiger partial charge in [-0.1, -0.05) is 12.1 Å². The fraction of sp³-hybridized carbons (Fsp3) is 0.375. The SMILES string of the molecule is Cc1cccc(NS(=O)(=O)N2CCN(c3ncccc3C)CC2)n1. The molecule has 24 heavy (non-hydrogen) atoms. The number of piperazine rings is 1. The number of hydrogen-bond donors (Lipinski definition) is 1. The van der Waals surface area contributed by atoms with Gasteiger partial charge >= 0.3 is 10.2 Å². The summed E-state index contributed by atoms with van der Waals surface area (Å²) in [7, 11) is -3.60. The van der Waals surface area contributed by atoms with Gasteiger partial charge in [0.05, 0.1) is 0 Å². The molecule has 0 saturated carbocycles. The van der Waals surface area contributed by atoms with Crippen LogP contribution in [0.5, 0.6) is 0 Å². The first-order valence-electron chi connectivity index (χ1n) is 7.84. The molecule has 3 rings (SSSR count). The molecule has 0 radical (unpaired) electrons. The van der Waals surface area contributed by atoms with E-state index in [2.05, 4.69) is 19.6 Å². The average molecular weight is 347 g/mol. The molecule has 0 aliphatic carbocycles. The van der Waals surface area contributed by atoms with Gasteiger partial charge in [0.25, 0.3) is 0 Å². The topological polar surface area (TPSA) is 78.4 Å². The standard InChI is InChI=1S/C16H21N5O2S/c1-13-5-4-8-17-16(13)20-9-11-21(12-10-20)24(22,23)19-15-7-3-6-14(2)18-15/h3-8H,9-12H2,1-2H3,(H,18,19). The second kappa shape index (κ2) is 6.74. The Labute approximate surface area is 142 Å². The van der Waals surface area contributed by atoms with E-state index in [0.29, 0.717) is 32.0 Å². The second-order valence-electron chi connectivity index (χ2n) is 5.80. The number of pyridine rings is 2. The van der Waals surface area contributed by atoms with Crippen LogP contribution in [0.25, 0.3) is 0 Å². The Morgan fingerprint density at radius 1 is 1.04 bits per heavy atom. The van der Waals surface area contributed by atoms with Crippen molar-refractivity contribution in [2.24, 2.45) is 0 Å². The van der Waals surface area contributed by atoms with Gasteiger partial charge < -0.3 is 4.90 Å². The Balaban J connectivity index is 1.66. The lowest BCUT2D eigenvalue weighted by molar-refractivity contribution is 0.386. The van der Waals surface area contributed by atoms with E-state index >= 15 is 0 Å². The molecule has 8 heteroatoms. The first kappa shape index (κ1) is 16.7. The van der Waals surface area contributed by atoms with Crippen LogP contribution in [0.4, 0.5) is 11.6 Å². The molecule has 128 valence electrons. The molecule has 7 nitrogen and oxygen atoms in total. The number of anilines is 2. The summed E-state index contributed by atoms with van der Waals surface area (Å²) in [5.41, 5.74) is 1.86. The van der Waals surface area contributed by atoms with Crippen LogP contribution in [0.2, 0.25) is 0 Å². The molecule has 2 aromatic rings. The van der Waals surface area contributed by atoms with E-state index in [1.165, 1.54) is 4.31 Å². The Morgan fingerprint density at radius 2 is 1.79 bits per heavy atom. The summed E-state index contributed by atoms with van der Waals surface area (Å²) in [6.45, 7) is 5.89. The lowest BCUT2D eigenvalue weighted by Gasteiger charge is -2.35. The molecule has 0 unspecified atom stereocenters. The van der Waals surface area contributed by atoms with Crippen LogP contribution < -0.4 is 9.62 Å². The van der Waals surface area contributed by atoms with E-state index in [9.17, 15) is 8.42 Å². The lowest BCUT2D eigenvalue weighted by Crippen LogP contribution is -2.50. The molecule has 1 aliphatic heterocycles. The van der Waals surface area contributed by atoms with Gasteiger partial charge in [-0.3, -0.25) is 4.72 Å². The predicted molar refractivity (Wildman–Crippen MR) is 94.3 cm³/mol. The summed E-state index contributed by atoms with van der Waals surface area (Å²) in [6, 6.07) is 9.17. The first-order chi connectivity index (χ1) is 11.5. The van der Waals surface area contributed by atoms with E-state index < -0.39 is 10.2 Å². The normalized spacial score (nSPS) is 16.2. The largest absolute Gasteiger partial charge is 0.354 e. The van der Waals surface area contributed by atoms with Gasteiger partial charge in [0.15, 0.2) is 0 Å². The van der Waals surface area contributed by atoms with Crippen LogP contribution in [0, 0.1) is 13.8 Å². The van der Waals surface area contributed by atoms with Crippen molar-refractivity contribution in [1.82, 2.24) is 14.3 Å². The zero-order valence-electron chi connectivity index (χ0n) is 13.8. The van der Waals surface area contributed by atoms with E-state index in [1.807, 2.05) is 32.0 Å². The zero-order valence-corrected chi connectivity index (χ0v) is 14.6. The lowest BCUT2D eigenvalue weighted by atomic mass is 10.2. The summed E-state index contributed by atoms with van der Waals surface area (Å²) in [5.74, 6) is 1.26. The van der Waals surface area contributed by atoms with Crippen LogP contribution in [-0.2, 0) is 10.2 Å². The molecule has 0 aromatic carbocycles. The van der Waals surface area contributed by atoms with Crippen LogP contribution in [0.15, 0.2) is 36.5 Å². The smallest absolute Gasteiger partial charge is 0.302 e. The number of rotatable bonds is 4. The zero-order chi connectivity index (χ0) is 17.2.